The zero-order valence-corrected chi connectivity index (χ0v) is 14.6. The molecule has 0 saturated carbocycles. The average Bonchev–Trinajstić information content (AvgIpc) is 2.65. The van der Waals surface area contributed by atoms with E-state index in [0.717, 1.165) is 15.9 Å². The zero-order chi connectivity index (χ0) is 18.4. The van der Waals surface area contributed by atoms with E-state index >= 15 is 0 Å². The van der Waals surface area contributed by atoms with E-state index < -0.39 is 5.91 Å². The lowest BCUT2D eigenvalue weighted by Crippen LogP contribution is -2.13. The molecule has 0 aliphatic rings. The maximum atomic E-state index is 12.2. The van der Waals surface area contributed by atoms with Gasteiger partial charge in [0.05, 0.1) is 34.4 Å². The summed E-state index contributed by atoms with van der Waals surface area (Å²) >= 11 is 1.28. The second-order valence-electron chi connectivity index (χ2n) is 5.36. The number of nitrogens with two attached hydrogens (primary N) is 1. The largest absolute Gasteiger partial charge is 0.369 e. The lowest BCUT2D eigenvalue weighted by molar-refractivity contribution is -0.115. The van der Waals surface area contributed by atoms with Gasteiger partial charge in [0.25, 0.3) is 0 Å². The number of aromatic nitrogens is 2. The average molecular weight is 364 g/mol. The molecule has 3 rings (SSSR count). The first-order valence-corrected chi connectivity index (χ1v) is 8.81. The molecule has 6 nitrogen and oxygen atoms in total. The third-order valence-electron chi connectivity index (χ3n) is 3.39. The Kier molecular flexibility index (Phi) is 5.60. The van der Waals surface area contributed by atoms with E-state index in [-0.39, 0.29) is 11.7 Å². The number of nitrogens with zero attached hydrogens (tertiary/aromatic N) is 2. The maximum absolute atomic E-state index is 12.2. The van der Waals surface area contributed by atoms with Gasteiger partial charge in [-0.3, -0.25) is 14.6 Å². The molecule has 0 saturated heterocycles. The lowest BCUT2D eigenvalue weighted by Gasteiger charge is -2.08. The molecule has 26 heavy (non-hydrogen) atoms. The Hall–Kier alpha value is -3.19. The van der Waals surface area contributed by atoms with Crippen LogP contribution in [0.1, 0.15) is 5.69 Å². The zero-order valence-electron chi connectivity index (χ0n) is 13.8. The van der Waals surface area contributed by atoms with E-state index in [2.05, 4.69) is 15.3 Å². The summed E-state index contributed by atoms with van der Waals surface area (Å²) in [5, 5.41) is 2.79. The van der Waals surface area contributed by atoms with Crippen molar-refractivity contribution < 1.29 is 9.59 Å². The van der Waals surface area contributed by atoms with Gasteiger partial charge in [-0.15, -0.1) is 11.8 Å². The number of primary amides is 1. The van der Waals surface area contributed by atoms with E-state index in [1.165, 1.54) is 17.8 Å². The van der Waals surface area contributed by atoms with Gasteiger partial charge in [-0.2, -0.15) is 0 Å². The molecule has 0 bridgehead atoms. The number of anilines is 1. The van der Waals surface area contributed by atoms with Crippen molar-refractivity contribution in [1.29, 1.82) is 0 Å². The summed E-state index contributed by atoms with van der Waals surface area (Å²) in [5.41, 5.74) is 7.96. The number of fused-ring (bicyclic) bond motifs is 1. The number of thioether (sulfide) groups is 1. The minimum atomic E-state index is -0.411. The van der Waals surface area contributed by atoms with Crippen LogP contribution in [0.3, 0.4) is 0 Å². The van der Waals surface area contributed by atoms with Crippen LogP contribution in [0, 0.1) is 0 Å². The van der Waals surface area contributed by atoms with Gasteiger partial charge in [-0.1, -0.05) is 24.3 Å². The molecule has 0 aliphatic carbocycles. The van der Waals surface area contributed by atoms with Crippen LogP contribution in [0.4, 0.5) is 5.69 Å². The first kappa shape index (κ1) is 17.6. The first-order valence-electron chi connectivity index (χ1n) is 7.83. The Morgan fingerprint density at radius 1 is 1.08 bits per heavy atom. The Labute approximate surface area is 154 Å². The predicted octanol–water partition coefficient (Wildman–Crippen LogP) is 2.86. The summed E-state index contributed by atoms with van der Waals surface area (Å²) in [6.45, 7) is 0. The molecule has 0 radical (unpaired) electrons. The summed E-state index contributed by atoms with van der Waals surface area (Å²) in [4.78, 5) is 32.7. The number of rotatable bonds is 6. The van der Waals surface area contributed by atoms with Gasteiger partial charge < -0.3 is 11.1 Å². The van der Waals surface area contributed by atoms with Crippen molar-refractivity contribution in [1.82, 2.24) is 9.97 Å². The van der Waals surface area contributed by atoms with Gasteiger partial charge in [0.15, 0.2) is 0 Å². The Morgan fingerprint density at radius 3 is 2.62 bits per heavy atom. The highest BCUT2D eigenvalue weighted by atomic mass is 32.2. The molecule has 1 aromatic heterocycles. The summed E-state index contributed by atoms with van der Waals surface area (Å²) < 4.78 is 0. The van der Waals surface area contributed by atoms with Gasteiger partial charge in [0.2, 0.25) is 11.8 Å². The molecule has 7 heteroatoms. The third kappa shape index (κ3) is 4.67. The number of amides is 2. The molecule has 0 aliphatic heterocycles. The predicted molar refractivity (Wildman–Crippen MR) is 104 cm³/mol. The summed E-state index contributed by atoms with van der Waals surface area (Å²) in [6.07, 6.45) is 4.62. The van der Waals surface area contributed by atoms with Gasteiger partial charge in [0.1, 0.15) is 0 Å². The Balaban J connectivity index is 1.70. The van der Waals surface area contributed by atoms with Crippen LogP contribution < -0.4 is 11.1 Å². The number of benzene rings is 2. The van der Waals surface area contributed by atoms with E-state index in [9.17, 15) is 9.59 Å². The topological polar surface area (TPSA) is 98.0 Å². The molecule has 0 spiro atoms. The highest BCUT2D eigenvalue weighted by Crippen LogP contribution is 2.26. The smallest absolute Gasteiger partial charge is 0.248 e. The van der Waals surface area contributed by atoms with Crippen LogP contribution in [-0.4, -0.2) is 27.5 Å². The van der Waals surface area contributed by atoms with Crippen molar-refractivity contribution in [3.63, 3.8) is 0 Å². The molecule has 2 aromatic carbocycles. The molecule has 0 unspecified atom stereocenters. The minimum Gasteiger partial charge on any atom is -0.369 e. The number of hydrogen-bond donors (Lipinski definition) is 2. The van der Waals surface area contributed by atoms with Crippen LogP contribution >= 0.6 is 11.8 Å². The summed E-state index contributed by atoms with van der Waals surface area (Å²) in [5.74, 6) is -0.562. The highest BCUT2D eigenvalue weighted by Gasteiger charge is 2.06. The van der Waals surface area contributed by atoms with Crippen molar-refractivity contribution in [2.45, 2.75) is 4.90 Å². The number of para-hydroxylation sites is 3. The number of carbonyl (C=O) groups excluding carboxylic acids is 2. The fourth-order valence-electron chi connectivity index (χ4n) is 2.23. The van der Waals surface area contributed by atoms with E-state index in [1.807, 2.05) is 42.5 Å². The van der Waals surface area contributed by atoms with Crippen LogP contribution in [0.25, 0.3) is 17.1 Å². The van der Waals surface area contributed by atoms with E-state index in [1.54, 1.807) is 18.3 Å². The molecular weight excluding hydrogens is 348 g/mol. The standard InChI is InChI=1S/C19H16N4O2S/c20-18(24)12-26-17-8-4-3-7-16(17)23-19(25)10-9-13-11-21-14-5-1-2-6-15(14)22-13/h1-11H,12H2,(H2,20,24)(H,23,25)/b10-9+. The molecule has 3 aromatic rings. The molecule has 1 heterocycles. The number of hydrogen-bond acceptors (Lipinski definition) is 5. The maximum Gasteiger partial charge on any atom is 0.248 e. The van der Waals surface area contributed by atoms with Gasteiger partial charge in [-0.05, 0) is 30.3 Å². The van der Waals surface area contributed by atoms with Crippen molar-refractivity contribution in [3.05, 3.63) is 66.5 Å². The SMILES string of the molecule is NC(=O)CSc1ccccc1NC(=O)/C=C/c1cnc2ccccc2n1. The molecular formula is C19H16N4O2S. The van der Waals surface area contributed by atoms with Crippen molar-refractivity contribution in [3.8, 4) is 0 Å². The fourth-order valence-corrected chi connectivity index (χ4v) is 2.98. The molecule has 0 fully saturated rings. The lowest BCUT2D eigenvalue weighted by atomic mass is 10.3. The van der Waals surface area contributed by atoms with Crippen molar-refractivity contribution in [2.24, 2.45) is 5.73 Å². The molecule has 130 valence electrons. The van der Waals surface area contributed by atoms with Crippen LogP contribution in [0.2, 0.25) is 0 Å². The minimum absolute atomic E-state index is 0.148. The number of nitrogens with one attached hydrogen (secondary N) is 1. The van der Waals surface area contributed by atoms with Crippen LogP contribution in [-0.2, 0) is 9.59 Å². The Bertz CT molecular complexity index is 988. The van der Waals surface area contributed by atoms with Gasteiger partial charge in [0, 0.05) is 11.0 Å². The van der Waals surface area contributed by atoms with Crippen molar-refractivity contribution >= 4 is 46.4 Å². The Morgan fingerprint density at radius 2 is 1.81 bits per heavy atom. The second kappa shape index (κ2) is 8.26. The second-order valence-corrected chi connectivity index (χ2v) is 6.37. The normalized spacial score (nSPS) is 10.9. The van der Waals surface area contributed by atoms with Gasteiger partial charge >= 0.3 is 0 Å². The molecule has 3 N–H and O–H groups in total. The van der Waals surface area contributed by atoms with Gasteiger partial charge in [-0.25, -0.2) is 4.98 Å². The van der Waals surface area contributed by atoms with Crippen molar-refractivity contribution in [2.75, 3.05) is 11.1 Å². The molecule has 0 atom stereocenters. The van der Waals surface area contributed by atoms with E-state index in [4.69, 9.17) is 5.73 Å². The number of carbonyl (C=O) groups is 2. The monoisotopic (exact) mass is 364 g/mol. The quantitative estimate of drug-likeness (QED) is 0.518. The summed E-state index contributed by atoms with van der Waals surface area (Å²) in [7, 11) is 0. The fraction of sp³-hybridized carbons (Fsp3) is 0.0526. The van der Waals surface area contributed by atoms with Crippen LogP contribution in [0.15, 0.2) is 65.7 Å². The first-order chi connectivity index (χ1) is 12.6. The third-order valence-corrected chi connectivity index (χ3v) is 4.48. The molecule has 2 amide bonds. The van der Waals surface area contributed by atoms with E-state index in [0.29, 0.717) is 11.4 Å². The highest BCUT2D eigenvalue weighted by molar-refractivity contribution is 8.00. The van der Waals surface area contributed by atoms with Crippen LogP contribution in [0.5, 0.6) is 0 Å². The summed E-state index contributed by atoms with van der Waals surface area (Å²) in [6, 6.07) is 14.8.